The number of anilines is 2. The van der Waals surface area contributed by atoms with Crippen LogP contribution in [0.25, 0.3) is 0 Å². The van der Waals surface area contributed by atoms with Crippen LogP contribution in [0, 0.1) is 0 Å². The Kier molecular flexibility index (Phi) is 2.64. The minimum absolute atomic E-state index is 0.353. The van der Waals surface area contributed by atoms with Gasteiger partial charge in [0, 0.05) is 26.2 Å². The summed E-state index contributed by atoms with van der Waals surface area (Å²) in [6, 6.07) is 0.353. The van der Waals surface area contributed by atoms with Crippen molar-refractivity contribution in [3.63, 3.8) is 0 Å². The zero-order valence-electron chi connectivity index (χ0n) is 8.34. The van der Waals surface area contributed by atoms with Crippen molar-refractivity contribution < 1.29 is 4.42 Å². The molecule has 0 aliphatic carbocycles. The molecule has 0 aliphatic heterocycles. The van der Waals surface area contributed by atoms with Gasteiger partial charge < -0.3 is 15.5 Å². The summed E-state index contributed by atoms with van der Waals surface area (Å²) < 4.78 is 6.97. The van der Waals surface area contributed by atoms with E-state index in [2.05, 4.69) is 20.6 Å². The van der Waals surface area contributed by atoms with Gasteiger partial charge in [0.2, 0.25) is 5.89 Å². The third-order valence-electron chi connectivity index (χ3n) is 1.78. The third kappa shape index (κ3) is 2.32. The van der Waals surface area contributed by atoms with Crippen LogP contribution in [0.15, 0.2) is 16.8 Å². The molecule has 2 aromatic rings. The maximum atomic E-state index is 5.36. The van der Waals surface area contributed by atoms with Crippen LogP contribution in [0.3, 0.4) is 0 Å². The summed E-state index contributed by atoms with van der Waals surface area (Å²) in [6.45, 7) is 0.495. The first-order valence-corrected chi connectivity index (χ1v) is 4.56. The van der Waals surface area contributed by atoms with E-state index >= 15 is 0 Å². The second-order valence-corrected chi connectivity index (χ2v) is 3.07. The van der Waals surface area contributed by atoms with Crippen molar-refractivity contribution >= 4 is 11.7 Å². The maximum absolute atomic E-state index is 5.36. The van der Waals surface area contributed by atoms with E-state index in [-0.39, 0.29) is 0 Å². The summed E-state index contributed by atoms with van der Waals surface area (Å²) in [5.41, 5.74) is 6.17. The van der Waals surface area contributed by atoms with Crippen LogP contribution in [0.5, 0.6) is 0 Å². The number of aromatic nitrogens is 4. The predicted molar refractivity (Wildman–Crippen MR) is 53.5 cm³/mol. The lowest BCUT2D eigenvalue weighted by Crippen LogP contribution is -2.02. The number of hydrogen-bond acceptors (Lipinski definition) is 6. The Balaban J connectivity index is 2.04. The summed E-state index contributed by atoms with van der Waals surface area (Å²) in [5, 5.41) is 14.6. The Hall–Kier alpha value is -1.89. The van der Waals surface area contributed by atoms with Crippen molar-refractivity contribution in [2.24, 2.45) is 12.8 Å². The Bertz CT molecular complexity index is 434. The van der Waals surface area contributed by atoms with Crippen molar-refractivity contribution in [2.45, 2.75) is 6.42 Å². The highest BCUT2D eigenvalue weighted by molar-refractivity contribution is 5.48. The zero-order valence-corrected chi connectivity index (χ0v) is 8.34. The molecule has 0 fully saturated rings. The second kappa shape index (κ2) is 4.09. The lowest BCUT2D eigenvalue weighted by Gasteiger charge is -1.93. The van der Waals surface area contributed by atoms with E-state index in [9.17, 15) is 0 Å². The van der Waals surface area contributed by atoms with E-state index in [1.54, 1.807) is 10.9 Å². The Morgan fingerprint density at radius 1 is 1.53 bits per heavy atom. The molecule has 0 atom stereocenters. The first-order chi connectivity index (χ1) is 7.28. The van der Waals surface area contributed by atoms with Gasteiger partial charge in [-0.05, 0) is 0 Å². The molecule has 7 heteroatoms. The maximum Gasteiger partial charge on any atom is 0.320 e. The average Bonchev–Trinajstić information content (AvgIpc) is 2.78. The first-order valence-electron chi connectivity index (χ1n) is 4.56. The van der Waals surface area contributed by atoms with Crippen molar-refractivity contribution in [3.8, 4) is 0 Å². The fourth-order valence-corrected chi connectivity index (χ4v) is 1.14. The zero-order chi connectivity index (χ0) is 10.7. The lowest BCUT2D eigenvalue weighted by atomic mass is 10.4. The van der Waals surface area contributed by atoms with E-state index in [1.165, 1.54) is 0 Å². The van der Waals surface area contributed by atoms with Crippen LogP contribution in [-0.4, -0.2) is 26.5 Å². The molecule has 0 aliphatic rings. The molecule has 0 unspecified atom stereocenters. The molecule has 80 valence electrons. The van der Waals surface area contributed by atoms with E-state index in [4.69, 9.17) is 10.2 Å². The van der Waals surface area contributed by atoms with Gasteiger partial charge in [-0.2, -0.15) is 5.10 Å². The van der Waals surface area contributed by atoms with Gasteiger partial charge in [0.05, 0.1) is 11.9 Å². The van der Waals surface area contributed by atoms with Crippen LogP contribution in [0.2, 0.25) is 0 Å². The van der Waals surface area contributed by atoms with E-state index in [0.717, 1.165) is 5.69 Å². The minimum atomic E-state index is 0.353. The van der Waals surface area contributed by atoms with Gasteiger partial charge in [0.15, 0.2) is 0 Å². The van der Waals surface area contributed by atoms with E-state index in [0.29, 0.717) is 24.9 Å². The molecular weight excluding hydrogens is 196 g/mol. The fourth-order valence-electron chi connectivity index (χ4n) is 1.14. The largest absolute Gasteiger partial charge is 0.408 e. The molecule has 0 bridgehead atoms. The fraction of sp³-hybridized carbons (Fsp3) is 0.375. The number of hydrogen-bond donors (Lipinski definition) is 2. The van der Waals surface area contributed by atoms with Crippen LogP contribution >= 0.6 is 0 Å². The topological polar surface area (TPSA) is 94.8 Å². The summed E-state index contributed by atoms with van der Waals surface area (Å²) in [5.74, 6) is 0.531. The number of nitrogens with two attached hydrogens (primary N) is 1. The molecule has 3 N–H and O–H groups in total. The van der Waals surface area contributed by atoms with Crippen molar-refractivity contribution in [1.82, 2.24) is 20.0 Å². The molecule has 2 rings (SSSR count). The van der Waals surface area contributed by atoms with Crippen LogP contribution < -0.4 is 11.1 Å². The van der Waals surface area contributed by atoms with Crippen molar-refractivity contribution in [1.29, 1.82) is 0 Å². The van der Waals surface area contributed by atoms with Gasteiger partial charge in [-0.25, -0.2) is 0 Å². The molecule has 0 saturated heterocycles. The Morgan fingerprint density at radius 3 is 3.07 bits per heavy atom. The molecule has 7 nitrogen and oxygen atoms in total. The Morgan fingerprint density at radius 2 is 2.40 bits per heavy atom. The Labute approximate surface area is 86.3 Å². The number of rotatable bonds is 4. The molecule has 0 aromatic carbocycles. The van der Waals surface area contributed by atoms with Crippen molar-refractivity contribution in [2.75, 3.05) is 11.9 Å². The van der Waals surface area contributed by atoms with Gasteiger partial charge in [-0.3, -0.25) is 4.68 Å². The number of aryl methyl sites for hydroxylation is 1. The van der Waals surface area contributed by atoms with E-state index < -0.39 is 0 Å². The monoisotopic (exact) mass is 208 g/mol. The highest BCUT2D eigenvalue weighted by atomic mass is 16.4. The highest BCUT2D eigenvalue weighted by Gasteiger charge is 2.05. The van der Waals surface area contributed by atoms with Gasteiger partial charge in [-0.1, -0.05) is 5.10 Å². The molecule has 0 amide bonds. The molecule has 15 heavy (non-hydrogen) atoms. The average molecular weight is 208 g/mol. The molecule has 0 radical (unpaired) electrons. The van der Waals surface area contributed by atoms with Gasteiger partial charge in [-0.15, -0.1) is 5.10 Å². The predicted octanol–water partition coefficient (Wildman–Crippen LogP) is 0.0479. The quantitative estimate of drug-likeness (QED) is 0.737. The highest BCUT2D eigenvalue weighted by Crippen LogP contribution is 2.13. The molecular formula is C8H12N6O. The van der Waals surface area contributed by atoms with Crippen LogP contribution in [0.4, 0.5) is 11.7 Å². The second-order valence-electron chi connectivity index (χ2n) is 3.07. The number of nitrogens with zero attached hydrogens (tertiary/aromatic N) is 4. The van der Waals surface area contributed by atoms with Crippen LogP contribution in [-0.2, 0) is 13.5 Å². The smallest absolute Gasteiger partial charge is 0.320 e. The summed E-state index contributed by atoms with van der Waals surface area (Å²) in [4.78, 5) is 0. The SMILES string of the molecule is Cn1cc(Nc2nnc(CCN)o2)cn1. The van der Waals surface area contributed by atoms with Gasteiger partial charge >= 0.3 is 6.01 Å². The molecule has 2 aromatic heterocycles. The van der Waals surface area contributed by atoms with Crippen LogP contribution in [0.1, 0.15) is 5.89 Å². The summed E-state index contributed by atoms with van der Waals surface area (Å²) in [7, 11) is 1.83. The summed E-state index contributed by atoms with van der Waals surface area (Å²) in [6.07, 6.45) is 4.07. The minimum Gasteiger partial charge on any atom is -0.408 e. The van der Waals surface area contributed by atoms with Gasteiger partial charge in [0.25, 0.3) is 0 Å². The molecule has 2 heterocycles. The standard InChI is InChI=1S/C8H12N6O/c1-14-5-6(4-10-14)11-8-13-12-7(15-8)2-3-9/h4-5H,2-3,9H2,1H3,(H,11,13). The lowest BCUT2D eigenvalue weighted by molar-refractivity contribution is 0.510. The third-order valence-corrected chi connectivity index (χ3v) is 1.78. The van der Waals surface area contributed by atoms with E-state index in [1.807, 2.05) is 13.2 Å². The molecule has 0 saturated carbocycles. The first kappa shape index (κ1) is 9.66. The van der Waals surface area contributed by atoms with Crippen molar-refractivity contribution in [3.05, 3.63) is 18.3 Å². The van der Waals surface area contributed by atoms with Gasteiger partial charge in [0.1, 0.15) is 0 Å². The summed E-state index contributed by atoms with van der Waals surface area (Å²) >= 11 is 0. The normalized spacial score (nSPS) is 10.5. The number of nitrogens with one attached hydrogen (secondary N) is 1. The molecule has 0 spiro atoms.